The summed E-state index contributed by atoms with van der Waals surface area (Å²) in [6, 6.07) is 7.96. The molecule has 2 aromatic rings. The van der Waals surface area contributed by atoms with E-state index in [4.69, 9.17) is 14.2 Å². The maximum absolute atomic E-state index is 5.67. The fourth-order valence-electron chi connectivity index (χ4n) is 1.73. The minimum absolute atomic E-state index is 0.308. The molecule has 1 aromatic carbocycles. The van der Waals surface area contributed by atoms with Crippen LogP contribution in [0.25, 0.3) is 0 Å². The van der Waals surface area contributed by atoms with Crippen molar-refractivity contribution in [2.24, 2.45) is 0 Å². The van der Waals surface area contributed by atoms with Crippen molar-refractivity contribution in [2.45, 2.75) is 13.2 Å². The van der Waals surface area contributed by atoms with Crippen molar-refractivity contribution in [1.82, 2.24) is 0 Å². The highest BCUT2D eigenvalue weighted by Crippen LogP contribution is 2.32. The smallest absolute Gasteiger partial charge is 0.231 e. The van der Waals surface area contributed by atoms with E-state index in [9.17, 15) is 0 Å². The Hall–Kier alpha value is -1.04. The van der Waals surface area contributed by atoms with Gasteiger partial charge in [-0.3, -0.25) is 0 Å². The van der Waals surface area contributed by atoms with Gasteiger partial charge in [0.25, 0.3) is 0 Å². The monoisotopic (exact) mass is 326 g/mol. The van der Waals surface area contributed by atoms with Crippen LogP contribution < -0.4 is 9.47 Å². The fraction of sp³-hybridized carbons (Fsp3) is 0.231. The highest BCUT2D eigenvalue weighted by molar-refractivity contribution is 9.10. The third kappa shape index (κ3) is 2.68. The standard InChI is InChI=1S/C13H11BrO3S/c14-10-4-11(18-7-10)6-15-5-9-1-2-12-13(3-9)17-8-16-12/h1-4,7H,5-6,8H2. The first-order valence-corrected chi connectivity index (χ1v) is 7.18. The molecule has 3 nitrogen and oxygen atoms in total. The van der Waals surface area contributed by atoms with E-state index >= 15 is 0 Å². The van der Waals surface area contributed by atoms with Crippen molar-refractivity contribution in [3.05, 3.63) is 44.6 Å². The molecule has 1 aliphatic rings. The number of hydrogen-bond acceptors (Lipinski definition) is 4. The average molecular weight is 327 g/mol. The molecule has 3 rings (SSSR count). The number of thiophene rings is 1. The summed E-state index contributed by atoms with van der Waals surface area (Å²) in [4.78, 5) is 1.21. The maximum Gasteiger partial charge on any atom is 0.231 e. The molecule has 0 amide bonds. The third-order valence-corrected chi connectivity index (χ3v) is 4.24. The Morgan fingerprint density at radius 1 is 1.17 bits per heavy atom. The lowest BCUT2D eigenvalue weighted by Gasteiger charge is -2.04. The Morgan fingerprint density at radius 3 is 2.89 bits per heavy atom. The molecular weight excluding hydrogens is 316 g/mol. The Balaban J connectivity index is 1.57. The first-order valence-electron chi connectivity index (χ1n) is 5.50. The number of ether oxygens (including phenoxy) is 3. The molecule has 0 spiro atoms. The first-order chi connectivity index (χ1) is 8.81. The first kappa shape index (κ1) is 12.0. The van der Waals surface area contributed by atoms with Crippen molar-refractivity contribution in [2.75, 3.05) is 6.79 Å². The zero-order chi connectivity index (χ0) is 12.4. The Labute approximate surface area is 117 Å². The third-order valence-electron chi connectivity index (χ3n) is 2.57. The molecule has 1 aromatic heterocycles. The van der Waals surface area contributed by atoms with Gasteiger partial charge in [0.2, 0.25) is 6.79 Å². The van der Waals surface area contributed by atoms with Gasteiger partial charge in [0, 0.05) is 14.7 Å². The topological polar surface area (TPSA) is 27.7 Å². The molecule has 0 fully saturated rings. The minimum Gasteiger partial charge on any atom is -0.454 e. The molecule has 0 saturated heterocycles. The van der Waals surface area contributed by atoms with Gasteiger partial charge in [-0.2, -0.15) is 0 Å². The lowest BCUT2D eigenvalue weighted by molar-refractivity contribution is 0.109. The number of fused-ring (bicyclic) bond motifs is 1. The highest BCUT2D eigenvalue weighted by atomic mass is 79.9. The Bertz CT molecular complexity index is 553. The SMILES string of the molecule is Brc1csc(COCc2ccc3c(c2)OCO3)c1. The summed E-state index contributed by atoms with van der Waals surface area (Å²) in [5, 5.41) is 2.05. The fourth-order valence-corrected chi connectivity index (χ4v) is 3.12. The lowest BCUT2D eigenvalue weighted by Crippen LogP contribution is -1.93. The van der Waals surface area contributed by atoms with Crippen LogP contribution in [0.4, 0.5) is 0 Å². The van der Waals surface area contributed by atoms with E-state index in [1.807, 2.05) is 18.2 Å². The van der Waals surface area contributed by atoms with Crippen LogP contribution in [0.15, 0.2) is 34.1 Å². The zero-order valence-corrected chi connectivity index (χ0v) is 11.9. The van der Waals surface area contributed by atoms with E-state index in [-0.39, 0.29) is 0 Å². The predicted molar refractivity (Wildman–Crippen MR) is 73.1 cm³/mol. The summed E-state index contributed by atoms with van der Waals surface area (Å²) in [5.74, 6) is 1.61. The summed E-state index contributed by atoms with van der Waals surface area (Å²) < 4.78 is 17.4. The second-order valence-corrected chi connectivity index (χ2v) is 5.82. The summed E-state index contributed by atoms with van der Waals surface area (Å²) in [6.07, 6.45) is 0. The van der Waals surface area contributed by atoms with Gasteiger partial charge in [-0.15, -0.1) is 11.3 Å². The second-order valence-electron chi connectivity index (χ2n) is 3.91. The summed E-state index contributed by atoms with van der Waals surface area (Å²) in [6.45, 7) is 1.51. The van der Waals surface area contributed by atoms with Crippen LogP contribution in [-0.4, -0.2) is 6.79 Å². The van der Waals surface area contributed by atoms with Crippen molar-refractivity contribution in [1.29, 1.82) is 0 Å². The van der Waals surface area contributed by atoms with Gasteiger partial charge in [0.15, 0.2) is 11.5 Å². The highest BCUT2D eigenvalue weighted by Gasteiger charge is 2.13. The molecule has 18 heavy (non-hydrogen) atoms. The quantitative estimate of drug-likeness (QED) is 0.851. The molecular formula is C13H11BrO3S. The van der Waals surface area contributed by atoms with Crippen LogP contribution in [0.2, 0.25) is 0 Å². The number of hydrogen-bond donors (Lipinski definition) is 0. The second kappa shape index (κ2) is 5.30. The van der Waals surface area contributed by atoms with Gasteiger partial charge >= 0.3 is 0 Å². The summed E-state index contributed by atoms with van der Waals surface area (Å²) in [5.41, 5.74) is 1.09. The number of rotatable bonds is 4. The van der Waals surface area contributed by atoms with Gasteiger partial charge in [-0.25, -0.2) is 0 Å². The molecule has 0 N–H and O–H groups in total. The van der Waals surface area contributed by atoms with E-state index in [1.54, 1.807) is 11.3 Å². The molecule has 0 unspecified atom stereocenters. The molecule has 0 bridgehead atoms. The van der Waals surface area contributed by atoms with Crippen LogP contribution >= 0.6 is 27.3 Å². The number of benzene rings is 1. The maximum atomic E-state index is 5.67. The van der Waals surface area contributed by atoms with E-state index < -0.39 is 0 Å². The van der Waals surface area contributed by atoms with E-state index in [0.717, 1.165) is 21.5 Å². The predicted octanol–water partition coefficient (Wildman–Crippen LogP) is 3.96. The Kier molecular flexibility index (Phi) is 3.54. The normalized spacial score (nSPS) is 12.9. The van der Waals surface area contributed by atoms with E-state index in [2.05, 4.69) is 27.4 Å². The molecule has 1 aliphatic heterocycles. The van der Waals surface area contributed by atoms with Gasteiger partial charge in [0.05, 0.1) is 13.2 Å². The minimum atomic E-state index is 0.308. The van der Waals surface area contributed by atoms with Gasteiger partial charge in [-0.05, 0) is 39.7 Å². The molecule has 0 radical (unpaired) electrons. The molecule has 2 heterocycles. The van der Waals surface area contributed by atoms with E-state index in [0.29, 0.717) is 20.0 Å². The van der Waals surface area contributed by atoms with Crippen molar-refractivity contribution in [3.8, 4) is 11.5 Å². The molecule has 94 valence electrons. The average Bonchev–Trinajstić information content (AvgIpc) is 2.97. The van der Waals surface area contributed by atoms with Gasteiger partial charge in [-0.1, -0.05) is 6.07 Å². The largest absolute Gasteiger partial charge is 0.454 e. The zero-order valence-electron chi connectivity index (χ0n) is 9.52. The van der Waals surface area contributed by atoms with Crippen LogP contribution in [0, 0.1) is 0 Å². The van der Waals surface area contributed by atoms with Crippen LogP contribution in [-0.2, 0) is 18.0 Å². The molecule has 0 aliphatic carbocycles. The van der Waals surface area contributed by atoms with E-state index in [1.165, 1.54) is 4.88 Å². The molecule has 0 atom stereocenters. The van der Waals surface area contributed by atoms with Crippen LogP contribution in [0.3, 0.4) is 0 Å². The molecule has 0 saturated carbocycles. The van der Waals surface area contributed by atoms with Crippen molar-refractivity contribution >= 4 is 27.3 Å². The van der Waals surface area contributed by atoms with Crippen LogP contribution in [0.1, 0.15) is 10.4 Å². The Morgan fingerprint density at radius 2 is 2.06 bits per heavy atom. The lowest BCUT2D eigenvalue weighted by atomic mass is 10.2. The van der Waals surface area contributed by atoms with Crippen molar-refractivity contribution in [3.63, 3.8) is 0 Å². The van der Waals surface area contributed by atoms with Gasteiger partial charge < -0.3 is 14.2 Å². The summed E-state index contributed by atoms with van der Waals surface area (Å²) >= 11 is 5.12. The van der Waals surface area contributed by atoms with Crippen molar-refractivity contribution < 1.29 is 14.2 Å². The molecule has 5 heteroatoms. The number of halogens is 1. The summed E-state index contributed by atoms with van der Waals surface area (Å²) in [7, 11) is 0. The van der Waals surface area contributed by atoms with Crippen LogP contribution in [0.5, 0.6) is 11.5 Å². The van der Waals surface area contributed by atoms with Gasteiger partial charge in [0.1, 0.15) is 0 Å².